The van der Waals surface area contributed by atoms with Crippen LogP contribution in [0.5, 0.6) is 0 Å². The molecule has 0 aliphatic heterocycles. The van der Waals surface area contributed by atoms with Crippen LogP contribution in [0.3, 0.4) is 0 Å². The second kappa shape index (κ2) is 3.88. The Labute approximate surface area is 111 Å². The van der Waals surface area contributed by atoms with E-state index in [0.29, 0.717) is 6.42 Å². The molecule has 0 aromatic rings. The van der Waals surface area contributed by atoms with Crippen molar-refractivity contribution in [2.75, 3.05) is 0 Å². The minimum atomic E-state index is -0.884. The normalized spacial score (nSPS) is 37.7. The molecule has 2 aliphatic rings. The summed E-state index contributed by atoms with van der Waals surface area (Å²) in [7, 11) is 0. The summed E-state index contributed by atoms with van der Waals surface area (Å²) in [6.07, 6.45) is 0.778. The van der Waals surface area contributed by atoms with E-state index in [1.165, 1.54) is 6.92 Å². The molecule has 0 N–H and O–H groups in total. The molecule has 2 rings (SSSR count). The van der Waals surface area contributed by atoms with Crippen LogP contribution in [0, 0.1) is 26.9 Å². The maximum Gasteiger partial charge on any atom is 0.302 e. The largest absolute Gasteiger partial charge is 0.461 e. The Hall–Kier alpha value is -1.72. The molecule has 2 aliphatic carbocycles. The van der Waals surface area contributed by atoms with Gasteiger partial charge in [0.05, 0.1) is 15.9 Å². The van der Waals surface area contributed by atoms with Gasteiger partial charge in [0.2, 0.25) is 6.20 Å². The summed E-state index contributed by atoms with van der Waals surface area (Å²) in [6.45, 7) is 6.85. The molecule has 0 amide bonds. The molecule has 6 heteroatoms. The molecule has 0 saturated heterocycles. The van der Waals surface area contributed by atoms with Crippen LogP contribution in [-0.4, -0.2) is 22.8 Å². The number of allylic oxidation sites excluding steroid dienone is 1. The Morgan fingerprint density at radius 3 is 2.47 bits per heavy atom. The summed E-state index contributed by atoms with van der Waals surface area (Å²) in [5.41, 5.74) is -1.09. The summed E-state index contributed by atoms with van der Waals surface area (Å²) in [4.78, 5) is 33.7. The van der Waals surface area contributed by atoms with Crippen molar-refractivity contribution in [3.63, 3.8) is 0 Å². The Morgan fingerprint density at radius 1 is 1.47 bits per heavy atom. The fourth-order valence-corrected chi connectivity index (χ4v) is 3.56. The zero-order chi connectivity index (χ0) is 14.6. The molecule has 19 heavy (non-hydrogen) atoms. The Morgan fingerprint density at radius 2 is 2.05 bits per heavy atom. The van der Waals surface area contributed by atoms with Gasteiger partial charge in [-0.05, 0) is 18.8 Å². The van der Waals surface area contributed by atoms with Crippen molar-refractivity contribution in [2.24, 2.45) is 16.7 Å². The van der Waals surface area contributed by atoms with E-state index >= 15 is 0 Å². The van der Waals surface area contributed by atoms with Crippen LogP contribution in [0.15, 0.2) is 11.8 Å². The monoisotopic (exact) mass is 267 g/mol. The van der Waals surface area contributed by atoms with Crippen LogP contribution in [0.25, 0.3) is 0 Å². The number of fused-ring (bicyclic) bond motifs is 2. The predicted molar refractivity (Wildman–Crippen MR) is 65.6 cm³/mol. The zero-order valence-corrected chi connectivity index (χ0v) is 11.4. The number of nitro groups is 1. The molecule has 0 aromatic heterocycles. The highest BCUT2D eigenvalue weighted by Gasteiger charge is 2.71. The van der Waals surface area contributed by atoms with Crippen LogP contribution >= 0.6 is 0 Å². The molecule has 0 radical (unpaired) electrons. The number of carbonyl (C=O) groups is 2. The number of esters is 1. The molecule has 0 heterocycles. The number of ether oxygens (including phenoxy) is 1. The second-order valence-electron chi connectivity index (χ2n) is 6.01. The van der Waals surface area contributed by atoms with Gasteiger partial charge in [-0.2, -0.15) is 0 Å². The lowest BCUT2D eigenvalue weighted by molar-refractivity contribution is -0.403. The van der Waals surface area contributed by atoms with E-state index in [1.807, 2.05) is 13.8 Å². The van der Waals surface area contributed by atoms with Gasteiger partial charge in [-0.25, -0.2) is 0 Å². The molecule has 2 saturated carbocycles. The molecule has 3 atom stereocenters. The average molecular weight is 267 g/mol. The van der Waals surface area contributed by atoms with Gasteiger partial charge in [0, 0.05) is 12.8 Å². The van der Waals surface area contributed by atoms with Gasteiger partial charge in [0.25, 0.3) is 0 Å². The van der Waals surface area contributed by atoms with E-state index in [0.717, 1.165) is 6.20 Å². The van der Waals surface area contributed by atoms with Gasteiger partial charge in [-0.3, -0.25) is 19.7 Å². The van der Waals surface area contributed by atoms with Crippen molar-refractivity contribution in [3.8, 4) is 0 Å². The first-order valence-electron chi connectivity index (χ1n) is 6.19. The Kier molecular flexibility index (Phi) is 2.80. The van der Waals surface area contributed by atoms with Crippen LogP contribution in [0.1, 0.15) is 34.1 Å². The summed E-state index contributed by atoms with van der Waals surface area (Å²) in [5.74, 6) is -0.932. The number of ketones is 1. The number of hydrogen-bond donors (Lipinski definition) is 0. The number of hydrogen-bond acceptors (Lipinski definition) is 5. The molecule has 104 valence electrons. The maximum absolute atomic E-state index is 12.5. The summed E-state index contributed by atoms with van der Waals surface area (Å²) in [5, 5.41) is 10.6. The lowest BCUT2D eigenvalue weighted by Crippen LogP contribution is -2.44. The first kappa shape index (κ1) is 13.7. The summed E-state index contributed by atoms with van der Waals surface area (Å²) < 4.78 is 5.25. The first-order chi connectivity index (χ1) is 8.62. The molecule has 2 fully saturated rings. The highest BCUT2D eigenvalue weighted by molar-refractivity contribution is 6.05. The Bertz CT molecular complexity index is 507. The van der Waals surface area contributed by atoms with Gasteiger partial charge in [0.1, 0.15) is 6.10 Å². The number of carbonyl (C=O) groups excluding carboxylic acids is 2. The molecular formula is C13H17NO5. The second-order valence-corrected chi connectivity index (χ2v) is 6.01. The van der Waals surface area contributed by atoms with E-state index in [1.54, 1.807) is 6.92 Å². The van der Waals surface area contributed by atoms with Gasteiger partial charge in [-0.15, -0.1) is 0 Å². The first-order valence-corrected chi connectivity index (χ1v) is 6.19. The molecule has 2 bridgehead atoms. The van der Waals surface area contributed by atoms with Gasteiger partial charge in [-0.1, -0.05) is 13.8 Å². The SMILES string of the molecule is CC(=O)O[C@@H]1C[C@@H]2/C(=C/[N+](=O)[O-])C(=O)[C@]1(C)C2(C)C. The van der Waals surface area contributed by atoms with E-state index in [2.05, 4.69) is 0 Å². The molecule has 0 unspecified atom stereocenters. The zero-order valence-electron chi connectivity index (χ0n) is 11.4. The third-order valence-electron chi connectivity index (χ3n) is 4.97. The van der Waals surface area contributed by atoms with E-state index in [4.69, 9.17) is 4.74 Å². The minimum absolute atomic E-state index is 0.236. The average Bonchev–Trinajstić information content (AvgIpc) is 2.51. The minimum Gasteiger partial charge on any atom is -0.461 e. The van der Waals surface area contributed by atoms with E-state index in [9.17, 15) is 19.7 Å². The van der Waals surface area contributed by atoms with Crippen molar-refractivity contribution in [3.05, 3.63) is 21.9 Å². The van der Waals surface area contributed by atoms with Crippen molar-refractivity contribution in [2.45, 2.75) is 40.2 Å². The number of rotatable bonds is 2. The fourth-order valence-electron chi connectivity index (χ4n) is 3.56. The highest BCUT2D eigenvalue weighted by Crippen LogP contribution is 2.66. The molecule has 0 spiro atoms. The summed E-state index contributed by atoms with van der Waals surface area (Å²) >= 11 is 0. The van der Waals surface area contributed by atoms with Crippen molar-refractivity contribution >= 4 is 11.8 Å². The fraction of sp³-hybridized carbons (Fsp3) is 0.692. The molecule has 0 aromatic carbocycles. The van der Waals surface area contributed by atoms with Gasteiger partial charge in [0.15, 0.2) is 5.78 Å². The van der Waals surface area contributed by atoms with Crippen LogP contribution < -0.4 is 0 Å². The van der Waals surface area contributed by atoms with E-state index in [-0.39, 0.29) is 17.3 Å². The summed E-state index contributed by atoms with van der Waals surface area (Å²) in [6, 6.07) is 0. The number of nitrogens with zero attached hydrogens (tertiary/aromatic N) is 1. The van der Waals surface area contributed by atoms with Crippen molar-refractivity contribution in [1.29, 1.82) is 0 Å². The molecule has 6 nitrogen and oxygen atoms in total. The van der Waals surface area contributed by atoms with E-state index < -0.39 is 27.8 Å². The lowest BCUT2D eigenvalue weighted by atomic mass is 9.69. The van der Waals surface area contributed by atoms with Crippen molar-refractivity contribution in [1.82, 2.24) is 0 Å². The third-order valence-corrected chi connectivity index (χ3v) is 4.97. The predicted octanol–water partition coefficient (Wildman–Crippen LogP) is 1.71. The standard InChI is InChI=1S/C13H17NO5/c1-7(15)19-10-5-9-8(6-14(17)18)11(16)13(10,4)12(9,2)3/h6,9-10H,5H2,1-4H3/b8-6-/t9-,10-,13-/m1/s1. The van der Waals surface area contributed by atoms with Crippen LogP contribution in [0.2, 0.25) is 0 Å². The quantitative estimate of drug-likeness (QED) is 0.329. The molecular weight excluding hydrogens is 250 g/mol. The van der Waals surface area contributed by atoms with Gasteiger partial charge >= 0.3 is 5.97 Å². The van der Waals surface area contributed by atoms with Crippen molar-refractivity contribution < 1.29 is 19.2 Å². The van der Waals surface area contributed by atoms with Crippen LogP contribution in [0.4, 0.5) is 0 Å². The highest BCUT2D eigenvalue weighted by atomic mass is 16.6. The van der Waals surface area contributed by atoms with Crippen LogP contribution in [-0.2, 0) is 14.3 Å². The maximum atomic E-state index is 12.5. The smallest absolute Gasteiger partial charge is 0.302 e. The lowest BCUT2D eigenvalue weighted by Gasteiger charge is -2.36. The van der Waals surface area contributed by atoms with Gasteiger partial charge < -0.3 is 4.74 Å². The Balaban J connectivity index is 2.47. The number of Topliss-reactive ketones (excluding diaryl/α,β-unsaturated/α-hetero) is 1. The third kappa shape index (κ3) is 1.62. The topological polar surface area (TPSA) is 86.5 Å².